The van der Waals surface area contributed by atoms with E-state index in [9.17, 15) is 13.6 Å². The van der Waals surface area contributed by atoms with Crippen molar-refractivity contribution in [1.82, 2.24) is 5.32 Å². The van der Waals surface area contributed by atoms with Gasteiger partial charge in [0.25, 0.3) is 0 Å². The molecule has 1 atom stereocenters. The predicted octanol–water partition coefficient (Wildman–Crippen LogP) is 2.93. The van der Waals surface area contributed by atoms with Crippen LogP contribution in [0.1, 0.15) is 26.7 Å². The van der Waals surface area contributed by atoms with Crippen LogP contribution in [0.4, 0.5) is 14.5 Å². The largest absolute Gasteiger partial charge is 0.326 e. The van der Waals surface area contributed by atoms with Crippen LogP contribution in [0.5, 0.6) is 0 Å². The van der Waals surface area contributed by atoms with Gasteiger partial charge < -0.3 is 10.6 Å². The Morgan fingerprint density at radius 3 is 2.70 bits per heavy atom. The number of halogens is 2. The van der Waals surface area contributed by atoms with E-state index in [2.05, 4.69) is 10.6 Å². The van der Waals surface area contributed by atoms with Crippen molar-refractivity contribution in [2.45, 2.75) is 26.7 Å². The lowest BCUT2D eigenvalue weighted by Gasteiger charge is -2.36. The van der Waals surface area contributed by atoms with Crippen LogP contribution in [0.25, 0.3) is 0 Å². The third-order valence-corrected chi connectivity index (χ3v) is 4.08. The number of anilines is 1. The van der Waals surface area contributed by atoms with E-state index in [1.807, 2.05) is 13.8 Å². The van der Waals surface area contributed by atoms with Crippen LogP contribution in [0.3, 0.4) is 0 Å². The number of piperidine rings is 1. The second-order valence-corrected chi connectivity index (χ2v) is 5.85. The molecule has 20 heavy (non-hydrogen) atoms. The molecule has 2 rings (SSSR count). The second kappa shape index (κ2) is 5.87. The number of amides is 1. The first-order chi connectivity index (χ1) is 9.41. The highest BCUT2D eigenvalue weighted by molar-refractivity contribution is 5.95. The highest BCUT2D eigenvalue weighted by Crippen LogP contribution is 2.33. The van der Waals surface area contributed by atoms with Crippen LogP contribution in [0.2, 0.25) is 0 Å². The minimum atomic E-state index is -0.958. The van der Waals surface area contributed by atoms with Gasteiger partial charge in [0.2, 0.25) is 5.91 Å². The van der Waals surface area contributed by atoms with Gasteiger partial charge in [0, 0.05) is 17.2 Å². The molecule has 0 aliphatic carbocycles. The van der Waals surface area contributed by atoms with E-state index in [1.54, 1.807) is 0 Å². The Kier molecular flexibility index (Phi) is 4.38. The summed E-state index contributed by atoms with van der Waals surface area (Å²) in [5, 5.41) is 5.96. The molecule has 1 fully saturated rings. The lowest BCUT2D eigenvalue weighted by atomic mass is 9.74. The number of nitrogens with one attached hydrogen (secondary N) is 2. The van der Waals surface area contributed by atoms with Crippen molar-refractivity contribution in [1.29, 1.82) is 0 Å². The summed E-state index contributed by atoms with van der Waals surface area (Å²) in [6.45, 7) is 5.56. The van der Waals surface area contributed by atoms with Gasteiger partial charge in [-0.25, -0.2) is 8.78 Å². The molecule has 1 saturated heterocycles. The topological polar surface area (TPSA) is 41.1 Å². The van der Waals surface area contributed by atoms with Gasteiger partial charge in [-0.1, -0.05) is 13.8 Å². The molecule has 1 amide bonds. The first kappa shape index (κ1) is 14.9. The molecule has 1 unspecified atom stereocenters. The minimum absolute atomic E-state index is 0.169. The lowest BCUT2D eigenvalue weighted by Crippen LogP contribution is -2.44. The molecule has 0 saturated carbocycles. The van der Waals surface area contributed by atoms with E-state index >= 15 is 0 Å². The van der Waals surface area contributed by atoms with E-state index < -0.39 is 17.0 Å². The van der Waals surface area contributed by atoms with Crippen LogP contribution in [0, 0.1) is 23.0 Å². The van der Waals surface area contributed by atoms with Gasteiger partial charge in [-0.15, -0.1) is 0 Å². The molecule has 0 radical (unpaired) electrons. The summed E-state index contributed by atoms with van der Waals surface area (Å²) in [4.78, 5) is 12.4. The van der Waals surface area contributed by atoms with Crippen molar-refractivity contribution in [3.63, 3.8) is 0 Å². The standard InChI is InChI=1S/C15H20F2N2O/c1-15(2,10-4-3-7-18-9-10)14(20)19-11-5-6-12(16)13(17)8-11/h5-6,8,10,18H,3-4,7,9H2,1-2H3,(H,19,20). The molecule has 1 heterocycles. The zero-order valence-corrected chi connectivity index (χ0v) is 11.8. The Morgan fingerprint density at radius 2 is 2.10 bits per heavy atom. The first-order valence-corrected chi connectivity index (χ1v) is 6.88. The second-order valence-electron chi connectivity index (χ2n) is 5.85. The Labute approximate surface area is 117 Å². The SMILES string of the molecule is CC(C)(C(=O)Nc1ccc(F)c(F)c1)C1CCCNC1. The number of benzene rings is 1. The molecule has 110 valence electrons. The Hall–Kier alpha value is -1.49. The van der Waals surface area contributed by atoms with Crippen molar-refractivity contribution in [2.24, 2.45) is 11.3 Å². The van der Waals surface area contributed by atoms with Crippen molar-refractivity contribution >= 4 is 11.6 Å². The van der Waals surface area contributed by atoms with E-state index in [-0.39, 0.29) is 17.5 Å². The highest BCUT2D eigenvalue weighted by Gasteiger charge is 2.37. The van der Waals surface area contributed by atoms with Gasteiger partial charge in [0.1, 0.15) is 0 Å². The van der Waals surface area contributed by atoms with E-state index in [4.69, 9.17) is 0 Å². The van der Waals surface area contributed by atoms with Crippen molar-refractivity contribution in [2.75, 3.05) is 18.4 Å². The molecule has 3 nitrogen and oxygen atoms in total. The van der Waals surface area contributed by atoms with Crippen LogP contribution in [-0.4, -0.2) is 19.0 Å². The molecule has 1 aliphatic rings. The smallest absolute Gasteiger partial charge is 0.230 e. The van der Waals surface area contributed by atoms with E-state index in [1.165, 1.54) is 6.07 Å². The predicted molar refractivity (Wildman–Crippen MR) is 74.4 cm³/mol. The molecule has 0 aromatic heterocycles. The average Bonchev–Trinajstić information content (AvgIpc) is 2.44. The summed E-state index contributed by atoms with van der Waals surface area (Å²) >= 11 is 0. The summed E-state index contributed by atoms with van der Waals surface area (Å²) in [6, 6.07) is 3.38. The molecular formula is C15H20F2N2O. The molecule has 1 aromatic rings. The van der Waals surface area contributed by atoms with Gasteiger partial charge in [0.05, 0.1) is 0 Å². The summed E-state index contributed by atoms with van der Waals surface area (Å²) in [6.07, 6.45) is 2.04. The van der Waals surface area contributed by atoms with Gasteiger partial charge >= 0.3 is 0 Å². The Bertz CT molecular complexity index is 497. The van der Waals surface area contributed by atoms with Crippen LogP contribution < -0.4 is 10.6 Å². The maximum atomic E-state index is 13.1. The third kappa shape index (κ3) is 3.15. The summed E-state index contributed by atoms with van der Waals surface area (Å²) in [5.74, 6) is -1.81. The fourth-order valence-corrected chi connectivity index (χ4v) is 2.52. The molecule has 1 aromatic carbocycles. The molecule has 5 heteroatoms. The highest BCUT2D eigenvalue weighted by atomic mass is 19.2. The van der Waals surface area contributed by atoms with Crippen LogP contribution in [0.15, 0.2) is 18.2 Å². The number of rotatable bonds is 3. The van der Waals surface area contributed by atoms with Gasteiger partial charge in [-0.05, 0) is 44.0 Å². The number of hydrogen-bond acceptors (Lipinski definition) is 2. The first-order valence-electron chi connectivity index (χ1n) is 6.88. The summed E-state index contributed by atoms with van der Waals surface area (Å²) in [7, 11) is 0. The maximum absolute atomic E-state index is 13.1. The van der Waals surface area contributed by atoms with Gasteiger partial charge in [0.15, 0.2) is 11.6 Å². The zero-order valence-electron chi connectivity index (χ0n) is 11.8. The van der Waals surface area contributed by atoms with Crippen molar-refractivity contribution in [3.8, 4) is 0 Å². The zero-order chi connectivity index (χ0) is 14.8. The normalized spacial score (nSPS) is 19.7. The Morgan fingerprint density at radius 1 is 1.35 bits per heavy atom. The molecule has 0 bridgehead atoms. The fourth-order valence-electron chi connectivity index (χ4n) is 2.52. The monoisotopic (exact) mass is 282 g/mol. The maximum Gasteiger partial charge on any atom is 0.230 e. The quantitative estimate of drug-likeness (QED) is 0.895. The van der Waals surface area contributed by atoms with Gasteiger partial charge in [-0.3, -0.25) is 4.79 Å². The number of carbonyl (C=O) groups excluding carboxylic acids is 1. The van der Waals surface area contributed by atoms with Crippen molar-refractivity contribution in [3.05, 3.63) is 29.8 Å². The number of carbonyl (C=O) groups is 1. The fraction of sp³-hybridized carbons (Fsp3) is 0.533. The molecule has 2 N–H and O–H groups in total. The van der Waals surface area contributed by atoms with E-state index in [0.29, 0.717) is 0 Å². The van der Waals surface area contributed by atoms with Crippen molar-refractivity contribution < 1.29 is 13.6 Å². The third-order valence-electron chi connectivity index (χ3n) is 4.08. The molecule has 1 aliphatic heterocycles. The average molecular weight is 282 g/mol. The molecule has 0 spiro atoms. The summed E-state index contributed by atoms with van der Waals surface area (Å²) < 4.78 is 26.0. The minimum Gasteiger partial charge on any atom is -0.326 e. The number of hydrogen-bond donors (Lipinski definition) is 2. The van der Waals surface area contributed by atoms with Crippen LogP contribution in [-0.2, 0) is 4.79 Å². The van der Waals surface area contributed by atoms with Gasteiger partial charge in [-0.2, -0.15) is 0 Å². The van der Waals surface area contributed by atoms with E-state index in [0.717, 1.165) is 38.1 Å². The summed E-state index contributed by atoms with van der Waals surface area (Å²) in [5.41, 5.74) is -0.274. The Balaban J connectivity index is 2.07. The lowest BCUT2D eigenvalue weighted by molar-refractivity contribution is -0.127. The molecular weight excluding hydrogens is 262 g/mol. The van der Waals surface area contributed by atoms with Crippen LogP contribution >= 0.6 is 0 Å².